The molecule has 0 amide bonds. The first-order valence-corrected chi connectivity index (χ1v) is 6.65. The van der Waals surface area contributed by atoms with Crippen molar-refractivity contribution in [3.05, 3.63) is 23.8 Å². The maximum atomic E-state index is 5.51. The first kappa shape index (κ1) is 10.9. The molecule has 2 heterocycles. The summed E-state index contributed by atoms with van der Waals surface area (Å²) in [7, 11) is 0. The van der Waals surface area contributed by atoms with Crippen molar-refractivity contribution >= 4 is 5.69 Å². The number of piperidine rings is 1. The van der Waals surface area contributed by atoms with E-state index in [2.05, 4.69) is 28.8 Å². The third-order valence-corrected chi connectivity index (χ3v) is 3.65. The van der Waals surface area contributed by atoms with Gasteiger partial charge in [-0.1, -0.05) is 6.42 Å². The van der Waals surface area contributed by atoms with Crippen molar-refractivity contribution in [3.63, 3.8) is 0 Å². The molecule has 92 valence electrons. The molecule has 0 spiro atoms. The predicted molar refractivity (Wildman–Crippen MR) is 69.8 cm³/mol. The van der Waals surface area contributed by atoms with E-state index in [4.69, 9.17) is 4.74 Å². The van der Waals surface area contributed by atoms with Crippen molar-refractivity contribution in [2.75, 3.05) is 25.0 Å². The van der Waals surface area contributed by atoms with Gasteiger partial charge < -0.3 is 15.4 Å². The smallest absolute Gasteiger partial charge is 0.122 e. The summed E-state index contributed by atoms with van der Waals surface area (Å²) in [4.78, 5) is 0. The molecule has 1 aromatic rings. The fourth-order valence-electron chi connectivity index (χ4n) is 2.64. The Balaban J connectivity index is 1.57. The minimum absolute atomic E-state index is 0.633. The second-order valence-electron chi connectivity index (χ2n) is 4.95. The van der Waals surface area contributed by atoms with Gasteiger partial charge in [0, 0.05) is 24.7 Å². The van der Waals surface area contributed by atoms with Crippen LogP contribution in [0, 0.1) is 0 Å². The third kappa shape index (κ3) is 2.55. The molecule has 0 aliphatic carbocycles. The van der Waals surface area contributed by atoms with E-state index in [1.165, 1.54) is 37.1 Å². The molecule has 2 aliphatic heterocycles. The molecule has 2 aliphatic rings. The molecule has 1 fully saturated rings. The average molecular weight is 232 g/mol. The zero-order valence-electron chi connectivity index (χ0n) is 10.2. The molecule has 1 unspecified atom stereocenters. The molecule has 0 aromatic heterocycles. The van der Waals surface area contributed by atoms with E-state index in [0.29, 0.717) is 6.04 Å². The van der Waals surface area contributed by atoms with Crippen LogP contribution in [-0.4, -0.2) is 25.7 Å². The van der Waals surface area contributed by atoms with Gasteiger partial charge in [-0.05, 0) is 43.1 Å². The highest BCUT2D eigenvalue weighted by molar-refractivity contribution is 5.52. The molecule has 1 atom stereocenters. The van der Waals surface area contributed by atoms with Crippen LogP contribution in [0.15, 0.2) is 18.2 Å². The van der Waals surface area contributed by atoms with Gasteiger partial charge >= 0.3 is 0 Å². The molecule has 17 heavy (non-hydrogen) atoms. The highest BCUT2D eigenvalue weighted by atomic mass is 16.5. The lowest BCUT2D eigenvalue weighted by Gasteiger charge is -2.24. The Morgan fingerprint density at radius 2 is 2.35 bits per heavy atom. The average Bonchev–Trinajstić information content (AvgIpc) is 2.85. The van der Waals surface area contributed by atoms with Crippen molar-refractivity contribution in [1.29, 1.82) is 0 Å². The Bertz CT molecular complexity index is 386. The Morgan fingerprint density at radius 1 is 1.35 bits per heavy atom. The van der Waals surface area contributed by atoms with Gasteiger partial charge in [0.25, 0.3) is 0 Å². The predicted octanol–water partition coefficient (Wildman–Crippen LogP) is 2.18. The van der Waals surface area contributed by atoms with Crippen LogP contribution >= 0.6 is 0 Å². The van der Waals surface area contributed by atoms with Crippen LogP contribution in [0.5, 0.6) is 5.75 Å². The molecule has 2 N–H and O–H groups in total. The molecular weight excluding hydrogens is 212 g/mol. The van der Waals surface area contributed by atoms with E-state index in [0.717, 1.165) is 25.3 Å². The fraction of sp³-hybridized carbons (Fsp3) is 0.571. The zero-order chi connectivity index (χ0) is 11.5. The number of hydrogen-bond acceptors (Lipinski definition) is 3. The monoisotopic (exact) mass is 232 g/mol. The molecule has 3 heteroatoms. The summed E-state index contributed by atoms with van der Waals surface area (Å²) < 4.78 is 5.51. The molecular formula is C14H20N2O. The van der Waals surface area contributed by atoms with E-state index >= 15 is 0 Å². The van der Waals surface area contributed by atoms with Gasteiger partial charge in [-0.15, -0.1) is 0 Å². The Labute approximate surface area is 103 Å². The summed E-state index contributed by atoms with van der Waals surface area (Å²) in [6.07, 6.45) is 5.03. The van der Waals surface area contributed by atoms with E-state index in [-0.39, 0.29) is 0 Å². The molecule has 1 saturated heterocycles. The lowest BCUT2D eigenvalue weighted by Crippen LogP contribution is -2.39. The van der Waals surface area contributed by atoms with Gasteiger partial charge in [-0.3, -0.25) is 0 Å². The maximum Gasteiger partial charge on any atom is 0.122 e. The number of hydrogen-bond donors (Lipinski definition) is 2. The highest BCUT2D eigenvalue weighted by Gasteiger charge is 2.14. The minimum Gasteiger partial charge on any atom is -0.493 e. The van der Waals surface area contributed by atoms with Crippen molar-refractivity contribution in [1.82, 2.24) is 5.32 Å². The lowest BCUT2D eigenvalue weighted by atomic mass is 10.0. The van der Waals surface area contributed by atoms with Crippen molar-refractivity contribution in [2.24, 2.45) is 0 Å². The van der Waals surface area contributed by atoms with Crippen LogP contribution in [0.25, 0.3) is 0 Å². The van der Waals surface area contributed by atoms with Crippen molar-refractivity contribution < 1.29 is 4.74 Å². The summed E-state index contributed by atoms with van der Waals surface area (Å²) in [5.74, 6) is 1.06. The number of rotatable bonds is 3. The van der Waals surface area contributed by atoms with Gasteiger partial charge in [0.1, 0.15) is 5.75 Å². The van der Waals surface area contributed by atoms with Crippen LogP contribution < -0.4 is 15.4 Å². The van der Waals surface area contributed by atoms with E-state index in [1.807, 2.05) is 0 Å². The van der Waals surface area contributed by atoms with E-state index in [9.17, 15) is 0 Å². The Morgan fingerprint density at radius 3 is 3.24 bits per heavy atom. The van der Waals surface area contributed by atoms with Crippen LogP contribution in [0.4, 0.5) is 5.69 Å². The summed E-state index contributed by atoms with van der Waals surface area (Å²) in [6.45, 7) is 3.03. The molecule has 3 nitrogen and oxygen atoms in total. The largest absolute Gasteiger partial charge is 0.493 e. The Kier molecular flexibility index (Phi) is 3.18. The molecule has 3 rings (SSSR count). The topological polar surface area (TPSA) is 33.3 Å². The summed E-state index contributed by atoms with van der Waals surface area (Å²) >= 11 is 0. The van der Waals surface area contributed by atoms with Crippen LogP contribution in [0.3, 0.4) is 0 Å². The quantitative estimate of drug-likeness (QED) is 0.838. The van der Waals surface area contributed by atoms with Crippen molar-refractivity contribution in [3.8, 4) is 5.75 Å². The number of nitrogens with one attached hydrogen (secondary N) is 2. The number of ether oxygens (including phenoxy) is 1. The second-order valence-corrected chi connectivity index (χ2v) is 4.95. The van der Waals surface area contributed by atoms with Gasteiger partial charge in [0.2, 0.25) is 0 Å². The van der Waals surface area contributed by atoms with Crippen LogP contribution in [0.1, 0.15) is 24.8 Å². The molecule has 0 bridgehead atoms. The second kappa shape index (κ2) is 4.96. The number of fused-ring (bicyclic) bond motifs is 1. The highest BCUT2D eigenvalue weighted by Crippen LogP contribution is 2.27. The number of benzene rings is 1. The lowest BCUT2D eigenvalue weighted by molar-refractivity contribution is 0.357. The first-order chi connectivity index (χ1) is 8.42. The standard InChI is InChI=1S/C14H20N2O/c1-2-7-15-13(3-1)10-16-12-4-5-14-11(9-12)6-8-17-14/h4-5,9,13,15-16H,1-3,6-8,10H2. The summed E-state index contributed by atoms with van der Waals surface area (Å²) in [5.41, 5.74) is 2.56. The van der Waals surface area contributed by atoms with E-state index < -0.39 is 0 Å². The number of anilines is 1. The normalized spacial score (nSPS) is 22.9. The SMILES string of the molecule is c1cc2c(cc1NCC1CCCCN1)CCO2. The minimum atomic E-state index is 0.633. The molecule has 0 saturated carbocycles. The molecule has 0 radical (unpaired) electrons. The van der Waals surface area contributed by atoms with Gasteiger partial charge in [0.05, 0.1) is 6.61 Å². The fourth-order valence-corrected chi connectivity index (χ4v) is 2.64. The summed E-state index contributed by atoms with van der Waals surface area (Å²) in [5, 5.41) is 7.08. The Hall–Kier alpha value is -1.22. The van der Waals surface area contributed by atoms with E-state index in [1.54, 1.807) is 0 Å². The third-order valence-electron chi connectivity index (χ3n) is 3.65. The first-order valence-electron chi connectivity index (χ1n) is 6.65. The van der Waals surface area contributed by atoms with Gasteiger partial charge in [0.15, 0.2) is 0 Å². The maximum absolute atomic E-state index is 5.51. The van der Waals surface area contributed by atoms with Crippen molar-refractivity contribution in [2.45, 2.75) is 31.7 Å². The van der Waals surface area contributed by atoms with Crippen LogP contribution in [0.2, 0.25) is 0 Å². The molecule has 1 aromatic carbocycles. The zero-order valence-corrected chi connectivity index (χ0v) is 10.2. The van der Waals surface area contributed by atoms with Gasteiger partial charge in [-0.25, -0.2) is 0 Å². The van der Waals surface area contributed by atoms with Gasteiger partial charge in [-0.2, -0.15) is 0 Å². The summed E-state index contributed by atoms with van der Waals surface area (Å²) in [6, 6.07) is 7.06. The van der Waals surface area contributed by atoms with Crippen LogP contribution in [-0.2, 0) is 6.42 Å².